The summed E-state index contributed by atoms with van der Waals surface area (Å²) in [6.45, 7) is 2.12. The molecule has 3 rings (SSSR count). The minimum absolute atomic E-state index is 0.00135. The lowest BCUT2D eigenvalue weighted by Gasteiger charge is -2.32. The number of nitrogens with two attached hydrogens (primary N) is 2. The van der Waals surface area contributed by atoms with Gasteiger partial charge in [-0.25, -0.2) is 9.79 Å². The molecule has 1 saturated heterocycles. The number of amides is 2. The zero-order valence-corrected chi connectivity index (χ0v) is 15.5. The Morgan fingerprint density at radius 3 is 2.30 bits per heavy atom. The van der Waals surface area contributed by atoms with Gasteiger partial charge in [0.2, 0.25) is 0 Å². The van der Waals surface area contributed by atoms with Gasteiger partial charge in [-0.1, -0.05) is 42.5 Å². The van der Waals surface area contributed by atoms with Crippen LogP contribution in [0.5, 0.6) is 0 Å². The number of guanidine groups is 1. The van der Waals surface area contributed by atoms with Crippen molar-refractivity contribution in [2.45, 2.75) is 25.8 Å². The third-order valence-electron chi connectivity index (χ3n) is 4.91. The second-order valence-electron chi connectivity index (χ2n) is 6.98. The fraction of sp³-hybridized carbons (Fsp3) is 0.333. The molecular formula is C21H27N5O. The summed E-state index contributed by atoms with van der Waals surface area (Å²) >= 11 is 0. The van der Waals surface area contributed by atoms with Crippen molar-refractivity contribution in [3.05, 3.63) is 65.7 Å². The molecule has 0 bridgehead atoms. The van der Waals surface area contributed by atoms with Crippen LogP contribution in [0.25, 0.3) is 0 Å². The lowest BCUT2D eigenvalue weighted by atomic mass is 9.90. The van der Waals surface area contributed by atoms with Gasteiger partial charge >= 0.3 is 6.03 Å². The number of likely N-dealkylation sites (tertiary alicyclic amines) is 1. The molecule has 1 heterocycles. The smallest absolute Gasteiger partial charge is 0.317 e. The van der Waals surface area contributed by atoms with Crippen LogP contribution in [0.1, 0.15) is 24.0 Å². The Morgan fingerprint density at radius 2 is 1.67 bits per heavy atom. The maximum absolute atomic E-state index is 12.4. The second kappa shape index (κ2) is 9.07. The molecule has 2 aromatic carbocycles. The first kappa shape index (κ1) is 18.8. The fourth-order valence-electron chi connectivity index (χ4n) is 3.41. The standard InChI is InChI=1S/C21H27N5O/c22-20(23)25-19-8-6-18(7-9-19)15-24-21(27)26-12-10-17(11-13-26)14-16-4-2-1-3-5-16/h1-9,17H,10-15H2,(H,24,27)(H4,22,23,25). The highest BCUT2D eigenvalue weighted by molar-refractivity contribution is 5.79. The average Bonchev–Trinajstić information content (AvgIpc) is 2.68. The van der Waals surface area contributed by atoms with E-state index in [1.54, 1.807) is 0 Å². The van der Waals surface area contributed by atoms with Crippen molar-refractivity contribution in [2.75, 3.05) is 13.1 Å². The Bertz CT molecular complexity index is 761. The van der Waals surface area contributed by atoms with Gasteiger partial charge in [-0.05, 0) is 48.4 Å². The predicted molar refractivity (Wildman–Crippen MR) is 109 cm³/mol. The summed E-state index contributed by atoms with van der Waals surface area (Å²) in [4.78, 5) is 18.3. The average molecular weight is 365 g/mol. The van der Waals surface area contributed by atoms with Crippen molar-refractivity contribution >= 4 is 17.7 Å². The number of carbonyl (C=O) groups excluding carboxylic acids is 1. The van der Waals surface area contributed by atoms with Crippen LogP contribution < -0.4 is 16.8 Å². The molecule has 6 nitrogen and oxygen atoms in total. The SMILES string of the molecule is NC(N)=Nc1ccc(CNC(=O)N2CCC(Cc3ccccc3)CC2)cc1. The molecular weight excluding hydrogens is 338 g/mol. The molecule has 142 valence electrons. The molecule has 0 saturated carbocycles. The number of benzene rings is 2. The molecule has 0 aliphatic carbocycles. The zero-order valence-electron chi connectivity index (χ0n) is 15.5. The first-order valence-corrected chi connectivity index (χ1v) is 9.35. The predicted octanol–water partition coefficient (Wildman–Crippen LogP) is 2.76. The van der Waals surface area contributed by atoms with Gasteiger partial charge in [-0.15, -0.1) is 0 Å². The van der Waals surface area contributed by atoms with Crippen molar-refractivity contribution < 1.29 is 4.79 Å². The van der Waals surface area contributed by atoms with Gasteiger partial charge in [0, 0.05) is 19.6 Å². The summed E-state index contributed by atoms with van der Waals surface area (Å²) in [5, 5.41) is 3.00. The summed E-state index contributed by atoms with van der Waals surface area (Å²) in [5.74, 6) is 0.686. The first-order valence-electron chi connectivity index (χ1n) is 9.35. The molecule has 0 atom stereocenters. The molecule has 0 unspecified atom stereocenters. The van der Waals surface area contributed by atoms with Crippen LogP contribution in [0.3, 0.4) is 0 Å². The topological polar surface area (TPSA) is 96.7 Å². The monoisotopic (exact) mass is 365 g/mol. The molecule has 1 aliphatic heterocycles. The van der Waals surface area contributed by atoms with Crippen LogP contribution in [0.2, 0.25) is 0 Å². The lowest BCUT2D eigenvalue weighted by molar-refractivity contribution is 0.170. The number of hydrogen-bond acceptors (Lipinski definition) is 2. The van der Waals surface area contributed by atoms with Gasteiger partial charge in [0.15, 0.2) is 5.96 Å². The summed E-state index contributed by atoms with van der Waals surface area (Å²) in [5.41, 5.74) is 13.8. The number of aliphatic imine (C=N–C) groups is 1. The van der Waals surface area contributed by atoms with Crippen LogP contribution in [-0.4, -0.2) is 30.0 Å². The van der Waals surface area contributed by atoms with Crippen molar-refractivity contribution in [3.8, 4) is 0 Å². The number of piperidine rings is 1. The second-order valence-corrected chi connectivity index (χ2v) is 6.98. The van der Waals surface area contributed by atoms with Gasteiger partial charge in [0.1, 0.15) is 0 Å². The van der Waals surface area contributed by atoms with Gasteiger partial charge in [-0.2, -0.15) is 0 Å². The highest BCUT2D eigenvalue weighted by atomic mass is 16.2. The molecule has 1 fully saturated rings. The molecule has 5 N–H and O–H groups in total. The van der Waals surface area contributed by atoms with Crippen molar-refractivity contribution in [3.63, 3.8) is 0 Å². The number of carbonyl (C=O) groups is 1. The molecule has 27 heavy (non-hydrogen) atoms. The van der Waals surface area contributed by atoms with E-state index in [2.05, 4.69) is 34.6 Å². The summed E-state index contributed by atoms with van der Waals surface area (Å²) < 4.78 is 0. The van der Waals surface area contributed by atoms with E-state index in [1.807, 2.05) is 35.2 Å². The third-order valence-corrected chi connectivity index (χ3v) is 4.91. The molecule has 1 aliphatic rings. The van der Waals surface area contributed by atoms with Crippen LogP contribution >= 0.6 is 0 Å². The van der Waals surface area contributed by atoms with Crippen LogP contribution in [0.4, 0.5) is 10.5 Å². The Hall–Kier alpha value is -3.02. The van der Waals surface area contributed by atoms with E-state index in [0.717, 1.165) is 37.9 Å². The number of nitrogens with zero attached hydrogens (tertiary/aromatic N) is 2. The van der Waals surface area contributed by atoms with Crippen molar-refractivity contribution in [2.24, 2.45) is 22.4 Å². The Labute approximate surface area is 160 Å². The van der Waals surface area contributed by atoms with E-state index in [0.29, 0.717) is 18.2 Å². The molecule has 2 amide bonds. The van der Waals surface area contributed by atoms with Gasteiger partial charge in [-0.3, -0.25) is 0 Å². The zero-order chi connectivity index (χ0) is 19.1. The van der Waals surface area contributed by atoms with E-state index in [-0.39, 0.29) is 12.0 Å². The van der Waals surface area contributed by atoms with Gasteiger partial charge in [0.05, 0.1) is 5.69 Å². The van der Waals surface area contributed by atoms with Crippen LogP contribution in [-0.2, 0) is 13.0 Å². The van der Waals surface area contributed by atoms with Crippen LogP contribution in [0, 0.1) is 5.92 Å². The molecule has 0 radical (unpaired) electrons. The Kier molecular flexibility index (Phi) is 6.30. The lowest BCUT2D eigenvalue weighted by Crippen LogP contribution is -2.44. The summed E-state index contributed by atoms with van der Waals surface area (Å²) in [6.07, 6.45) is 3.20. The number of hydrogen-bond donors (Lipinski definition) is 3. The van der Waals surface area contributed by atoms with E-state index < -0.39 is 0 Å². The first-order chi connectivity index (χ1) is 13.1. The minimum atomic E-state index is 0.00135. The minimum Gasteiger partial charge on any atom is -0.370 e. The Balaban J connectivity index is 1.42. The van der Waals surface area contributed by atoms with Crippen LogP contribution in [0.15, 0.2) is 59.6 Å². The van der Waals surface area contributed by atoms with E-state index in [9.17, 15) is 4.79 Å². The molecule has 0 aromatic heterocycles. The molecule has 6 heteroatoms. The maximum atomic E-state index is 12.4. The maximum Gasteiger partial charge on any atom is 0.317 e. The number of nitrogens with one attached hydrogen (secondary N) is 1. The van der Waals surface area contributed by atoms with E-state index in [4.69, 9.17) is 11.5 Å². The highest BCUT2D eigenvalue weighted by Gasteiger charge is 2.22. The van der Waals surface area contributed by atoms with Gasteiger partial charge in [0.25, 0.3) is 0 Å². The van der Waals surface area contributed by atoms with Crippen molar-refractivity contribution in [1.29, 1.82) is 0 Å². The molecule has 2 aromatic rings. The fourth-order valence-corrected chi connectivity index (χ4v) is 3.41. The quantitative estimate of drug-likeness (QED) is 0.561. The largest absolute Gasteiger partial charge is 0.370 e. The van der Waals surface area contributed by atoms with E-state index in [1.165, 1.54) is 5.56 Å². The van der Waals surface area contributed by atoms with Crippen molar-refractivity contribution in [1.82, 2.24) is 10.2 Å². The Morgan fingerprint density at radius 1 is 1.00 bits per heavy atom. The molecule has 0 spiro atoms. The normalized spacial score (nSPS) is 14.6. The van der Waals surface area contributed by atoms with Gasteiger partial charge < -0.3 is 21.7 Å². The highest BCUT2D eigenvalue weighted by Crippen LogP contribution is 2.21. The number of urea groups is 1. The van der Waals surface area contributed by atoms with E-state index >= 15 is 0 Å². The third kappa shape index (κ3) is 5.74. The summed E-state index contributed by atoms with van der Waals surface area (Å²) in [7, 11) is 0. The number of rotatable bonds is 5. The summed E-state index contributed by atoms with van der Waals surface area (Å²) in [6, 6.07) is 18.1.